The van der Waals surface area contributed by atoms with E-state index in [1.807, 2.05) is 30.3 Å². The Morgan fingerprint density at radius 3 is 2.60 bits per heavy atom. The second-order valence-electron chi connectivity index (χ2n) is 7.76. The summed E-state index contributed by atoms with van der Waals surface area (Å²) in [6, 6.07) is 15.8. The number of halogens is 1. The van der Waals surface area contributed by atoms with Gasteiger partial charge in [0.05, 0.1) is 18.7 Å². The van der Waals surface area contributed by atoms with Crippen molar-refractivity contribution in [2.24, 2.45) is 0 Å². The Hall–Kier alpha value is -3.12. The maximum absolute atomic E-state index is 6.60. The number of methoxy groups -OCH3 is 1. The van der Waals surface area contributed by atoms with E-state index in [1.54, 1.807) is 13.2 Å². The van der Waals surface area contributed by atoms with Crippen LogP contribution in [0, 0.1) is 0 Å². The minimum atomic E-state index is -0.164. The number of benzene rings is 2. The second-order valence-corrected chi connectivity index (χ2v) is 8.16. The van der Waals surface area contributed by atoms with Crippen LogP contribution < -0.4 is 9.47 Å². The summed E-state index contributed by atoms with van der Waals surface area (Å²) >= 11 is 6.60. The number of imidazole rings is 1. The Morgan fingerprint density at radius 1 is 1.10 bits per heavy atom. The Morgan fingerprint density at radius 2 is 1.90 bits per heavy atom. The van der Waals surface area contributed by atoms with Gasteiger partial charge in [0.2, 0.25) is 5.88 Å². The van der Waals surface area contributed by atoms with Crippen LogP contribution >= 0.6 is 11.6 Å². The molecule has 1 aliphatic carbocycles. The van der Waals surface area contributed by atoms with Crippen molar-refractivity contribution < 1.29 is 9.47 Å². The average molecular weight is 421 g/mol. The molecule has 1 aliphatic rings. The zero-order valence-electron chi connectivity index (χ0n) is 16.8. The molecule has 1 fully saturated rings. The zero-order chi connectivity index (χ0) is 20.7. The predicted octanol–water partition coefficient (Wildman–Crippen LogP) is 5.13. The second kappa shape index (κ2) is 7.29. The van der Waals surface area contributed by atoms with Crippen LogP contribution in [0.2, 0.25) is 5.02 Å². The van der Waals surface area contributed by atoms with Gasteiger partial charge >= 0.3 is 0 Å². The van der Waals surface area contributed by atoms with Crippen LogP contribution in [0.5, 0.6) is 11.6 Å². The number of ether oxygens (including phenoxy) is 2. The number of fused-ring (bicyclic) bond motifs is 1. The highest BCUT2D eigenvalue weighted by molar-refractivity contribution is 6.33. The van der Waals surface area contributed by atoms with Gasteiger partial charge in [-0.15, -0.1) is 0 Å². The minimum Gasteiger partial charge on any atom is -0.497 e. The summed E-state index contributed by atoms with van der Waals surface area (Å²) in [6.07, 6.45) is 3.56. The van der Waals surface area contributed by atoms with E-state index in [4.69, 9.17) is 26.1 Å². The van der Waals surface area contributed by atoms with E-state index < -0.39 is 0 Å². The molecule has 2 heterocycles. The molecule has 0 amide bonds. The monoisotopic (exact) mass is 420 g/mol. The van der Waals surface area contributed by atoms with Gasteiger partial charge in [-0.1, -0.05) is 41.9 Å². The first kappa shape index (κ1) is 18.9. The number of aromatic nitrogens is 4. The lowest BCUT2D eigenvalue weighted by Crippen LogP contribution is -2.13. The summed E-state index contributed by atoms with van der Waals surface area (Å²) < 4.78 is 13.5. The van der Waals surface area contributed by atoms with Crippen molar-refractivity contribution in [3.8, 4) is 23.0 Å². The van der Waals surface area contributed by atoms with Gasteiger partial charge in [-0.25, -0.2) is 9.97 Å². The molecular formula is C23H21ClN4O2. The van der Waals surface area contributed by atoms with Gasteiger partial charge in [-0.2, -0.15) is 4.98 Å². The molecule has 0 spiro atoms. The van der Waals surface area contributed by atoms with Gasteiger partial charge in [0, 0.05) is 5.56 Å². The third-order valence-electron chi connectivity index (χ3n) is 5.40. The molecule has 152 valence electrons. The fourth-order valence-corrected chi connectivity index (χ4v) is 3.68. The Labute approximate surface area is 179 Å². The Kier molecular flexibility index (Phi) is 4.59. The van der Waals surface area contributed by atoms with Crippen molar-refractivity contribution in [1.29, 1.82) is 0 Å². The highest BCUT2D eigenvalue weighted by Gasteiger charge is 2.41. The molecule has 0 radical (unpaired) electrons. The molecule has 0 aliphatic heterocycles. The van der Waals surface area contributed by atoms with Crippen molar-refractivity contribution >= 4 is 22.8 Å². The lowest BCUT2D eigenvalue weighted by Gasteiger charge is -2.12. The largest absolute Gasteiger partial charge is 0.497 e. The Bertz CT molecular complexity index is 1220. The maximum atomic E-state index is 6.60. The van der Waals surface area contributed by atoms with Crippen LogP contribution in [0.15, 0.2) is 54.9 Å². The summed E-state index contributed by atoms with van der Waals surface area (Å²) in [6.45, 7) is 2.69. The lowest BCUT2D eigenvalue weighted by atomic mass is 10.2. The maximum Gasteiger partial charge on any atom is 0.245 e. The number of hydrogen-bond acceptors (Lipinski definition) is 5. The topological polar surface area (TPSA) is 62.1 Å². The van der Waals surface area contributed by atoms with Gasteiger partial charge in [0.25, 0.3) is 0 Å². The molecule has 0 bridgehead atoms. The average Bonchev–Trinajstić information content (AvgIpc) is 3.37. The van der Waals surface area contributed by atoms with Crippen molar-refractivity contribution in [3.05, 3.63) is 65.4 Å². The molecule has 2 aromatic carbocycles. The summed E-state index contributed by atoms with van der Waals surface area (Å²) in [5.41, 5.74) is 3.13. The minimum absolute atomic E-state index is 0.164. The highest BCUT2D eigenvalue weighted by atomic mass is 35.5. The number of nitrogens with zero attached hydrogens (tertiary/aromatic N) is 4. The molecule has 5 rings (SSSR count). The fourth-order valence-electron chi connectivity index (χ4n) is 3.43. The highest BCUT2D eigenvalue weighted by Crippen LogP contribution is 2.41. The number of hydrogen-bond donors (Lipinski definition) is 0. The van der Waals surface area contributed by atoms with E-state index in [0.717, 1.165) is 29.6 Å². The molecule has 2 aromatic heterocycles. The molecular weight excluding hydrogens is 400 g/mol. The first-order valence-corrected chi connectivity index (χ1v) is 10.2. The number of rotatable bonds is 6. The lowest BCUT2D eigenvalue weighted by molar-refractivity contribution is 0.194. The molecule has 7 heteroatoms. The predicted molar refractivity (Wildman–Crippen MR) is 116 cm³/mol. The standard InChI is InChI=1S/C23H21ClN4O2/c1-23(10-11-23)30-22-19-21(25-14-26-22)28(13-15-6-4-3-5-7-15)20(27-19)17-9-8-16(29-2)12-18(17)24/h3-9,12,14H,10-11,13H2,1-2H3. The molecule has 1 saturated carbocycles. The van der Waals surface area contributed by atoms with Crippen molar-refractivity contribution in [2.45, 2.75) is 31.9 Å². The molecule has 0 unspecified atom stereocenters. The third kappa shape index (κ3) is 3.48. The van der Waals surface area contributed by atoms with Crippen LogP contribution in [0.25, 0.3) is 22.6 Å². The molecule has 0 saturated heterocycles. The third-order valence-corrected chi connectivity index (χ3v) is 5.71. The van der Waals surface area contributed by atoms with Crippen LogP contribution in [-0.2, 0) is 6.54 Å². The smallest absolute Gasteiger partial charge is 0.245 e. The van der Waals surface area contributed by atoms with Crippen molar-refractivity contribution in [3.63, 3.8) is 0 Å². The van der Waals surface area contributed by atoms with Gasteiger partial charge in [0.15, 0.2) is 11.2 Å². The van der Waals surface area contributed by atoms with Gasteiger partial charge in [0.1, 0.15) is 23.5 Å². The summed E-state index contributed by atoms with van der Waals surface area (Å²) in [5.74, 6) is 1.92. The fraction of sp³-hybridized carbons (Fsp3) is 0.261. The zero-order valence-corrected chi connectivity index (χ0v) is 17.6. The molecule has 4 aromatic rings. The Balaban J connectivity index is 1.69. The first-order valence-electron chi connectivity index (χ1n) is 9.84. The van der Waals surface area contributed by atoms with Crippen LogP contribution in [0.4, 0.5) is 0 Å². The van der Waals surface area contributed by atoms with E-state index in [-0.39, 0.29) is 5.60 Å². The summed E-state index contributed by atoms with van der Waals surface area (Å²) in [4.78, 5) is 13.8. The summed E-state index contributed by atoms with van der Waals surface area (Å²) in [5, 5.41) is 0.559. The normalized spacial score (nSPS) is 14.6. The van der Waals surface area contributed by atoms with Gasteiger partial charge in [-0.05, 0) is 43.5 Å². The van der Waals surface area contributed by atoms with E-state index in [1.165, 1.54) is 6.33 Å². The van der Waals surface area contributed by atoms with E-state index >= 15 is 0 Å². The molecule has 0 N–H and O–H groups in total. The molecule has 0 atom stereocenters. The molecule has 6 nitrogen and oxygen atoms in total. The SMILES string of the molecule is COc1ccc(-c2nc3c(OC4(C)CC4)ncnc3n2Cc2ccccc2)c(Cl)c1. The first-order chi connectivity index (χ1) is 14.6. The molecule has 30 heavy (non-hydrogen) atoms. The van der Waals surface area contributed by atoms with E-state index in [0.29, 0.717) is 34.5 Å². The van der Waals surface area contributed by atoms with Gasteiger partial charge in [-0.3, -0.25) is 0 Å². The van der Waals surface area contributed by atoms with Gasteiger partial charge < -0.3 is 14.0 Å². The van der Waals surface area contributed by atoms with Crippen molar-refractivity contribution in [2.75, 3.05) is 7.11 Å². The van der Waals surface area contributed by atoms with E-state index in [9.17, 15) is 0 Å². The summed E-state index contributed by atoms with van der Waals surface area (Å²) in [7, 11) is 1.62. The van der Waals surface area contributed by atoms with E-state index in [2.05, 4.69) is 33.6 Å². The quantitative estimate of drug-likeness (QED) is 0.432. The van der Waals surface area contributed by atoms with Crippen LogP contribution in [0.1, 0.15) is 25.3 Å². The van der Waals surface area contributed by atoms with Crippen molar-refractivity contribution in [1.82, 2.24) is 19.5 Å². The van der Waals surface area contributed by atoms with Crippen LogP contribution in [-0.4, -0.2) is 32.2 Å². The van der Waals surface area contributed by atoms with Crippen LogP contribution in [0.3, 0.4) is 0 Å².